The Kier molecular flexibility index (Phi) is 6.87. The summed E-state index contributed by atoms with van der Waals surface area (Å²) in [5, 5.41) is 2.75. The molecule has 1 unspecified atom stereocenters. The molecule has 162 valence electrons. The van der Waals surface area contributed by atoms with Gasteiger partial charge in [-0.05, 0) is 55.6 Å². The Labute approximate surface area is 176 Å². The Morgan fingerprint density at radius 2 is 1.97 bits per heavy atom. The van der Waals surface area contributed by atoms with Crippen molar-refractivity contribution in [1.29, 1.82) is 0 Å². The van der Waals surface area contributed by atoms with E-state index in [-0.39, 0.29) is 18.3 Å². The van der Waals surface area contributed by atoms with Crippen molar-refractivity contribution in [2.75, 3.05) is 39.3 Å². The molecular formula is C22H30FN5O2. The van der Waals surface area contributed by atoms with E-state index in [4.69, 9.17) is 5.73 Å². The topological polar surface area (TPSA) is 91.0 Å². The Bertz CT molecular complexity index is 861. The van der Waals surface area contributed by atoms with Crippen molar-refractivity contribution in [3.63, 3.8) is 0 Å². The van der Waals surface area contributed by atoms with Crippen LogP contribution in [0.15, 0.2) is 35.3 Å². The number of rotatable bonds is 6. The molecule has 1 aromatic carbocycles. The van der Waals surface area contributed by atoms with Crippen LogP contribution in [-0.2, 0) is 16.8 Å². The summed E-state index contributed by atoms with van der Waals surface area (Å²) in [6, 6.07) is 4.22. The van der Waals surface area contributed by atoms with Gasteiger partial charge in [0.05, 0.1) is 6.54 Å². The Balaban J connectivity index is 1.65. The van der Waals surface area contributed by atoms with Crippen LogP contribution < -0.4 is 11.1 Å². The zero-order valence-electron chi connectivity index (χ0n) is 17.7. The molecule has 1 atom stereocenters. The molecular weight excluding hydrogens is 385 g/mol. The molecule has 3 N–H and O–H groups in total. The Morgan fingerprint density at radius 1 is 1.23 bits per heavy atom. The lowest BCUT2D eigenvalue weighted by atomic mass is 9.86. The molecule has 1 saturated heterocycles. The fraction of sp³-hybridized carbons (Fsp3) is 0.500. The number of allylic oxidation sites excluding steroid dienone is 1. The predicted molar refractivity (Wildman–Crippen MR) is 115 cm³/mol. The third-order valence-corrected chi connectivity index (χ3v) is 5.76. The molecule has 7 nitrogen and oxygen atoms in total. The summed E-state index contributed by atoms with van der Waals surface area (Å²) in [4.78, 5) is 31.7. The normalized spacial score (nSPS) is 22.0. The third-order valence-electron chi connectivity index (χ3n) is 5.76. The maximum absolute atomic E-state index is 14.4. The number of nitrogens with zero attached hydrogens (tertiary/aromatic N) is 3. The summed E-state index contributed by atoms with van der Waals surface area (Å²) < 4.78 is 14.4. The first-order chi connectivity index (χ1) is 14.3. The van der Waals surface area contributed by atoms with E-state index < -0.39 is 11.6 Å². The van der Waals surface area contributed by atoms with Gasteiger partial charge in [0.25, 0.3) is 0 Å². The number of piperazine rings is 1. The van der Waals surface area contributed by atoms with Crippen molar-refractivity contribution in [3.05, 3.63) is 47.3 Å². The van der Waals surface area contributed by atoms with Gasteiger partial charge in [0.15, 0.2) is 0 Å². The van der Waals surface area contributed by atoms with E-state index >= 15 is 0 Å². The number of benzene rings is 1. The van der Waals surface area contributed by atoms with Crippen molar-refractivity contribution < 1.29 is 14.0 Å². The molecule has 0 bridgehead atoms. The van der Waals surface area contributed by atoms with E-state index in [0.717, 1.165) is 56.8 Å². The number of halogens is 1. The number of carbonyl (C=O) groups is 2. The first-order valence-corrected chi connectivity index (χ1v) is 10.3. The fourth-order valence-corrected chi connectivity index (χ4v) is 4.02. The minimum Gasteiger partial charge on any atom is -0.352 e. The summed E-state index contributed by atoms with van der Waals surface area (Å²) in [5.41, 5.74) is 6.81. The quantitative estimate of drug-likeness (QED) is 0.742. The summed E-state index contributed by atoms with van der Waals surface area (Å²) in [5.74, 6) is -0.223. The second-order valence-electron chi connectivity index (χ2n) is 8.05. The maximum Gasteiger partial charge on any atom is 0.313 e. The smallest absolute Gasteiger partial charge is 0.313 e. The predicted octanol–water partition coefficient (Wildman–Crippen LogP) is 1.82. The molecule has 2 aliphatic rings. The number of dihydropyridines is 1. The number of aryl methyl sites for hydroxylation is 1. The Hall–Kier alpha value is -2.74. The monoisotopic (exact) mass is 415 g/mol. The molecule has 0 aliphatic carbocycles. The molecule has 0 spiro atoms. The number of nitrogens with two attached hydrogens (primary N) is 1. The van der Waals surface area contributed by atoms with Gasteiger partial charge in [0.1, 0.15) is 11.4 Å². The first-order valence-electron chi connectivity index (χ1n) is 10.3. The zero-order chi connectivity index (χ0) is 21.7. The summed E-state index contributed by atoms with van der Waals surface area (Å²) >= 11 is 0. The number of carbonyl (C=O) groups excluding carboxylic acids is 2. The average molecular weight is 416 g/mol. The minimum atomic E-state index is -0.939. The highest BCUT2D eigenvalue weighted by molar-refractivity contribution is 5.94. The van der Waals surface area contributed by atoms with Crippen molar-refractivity contribution in [2.24, 2.45) is 10.7 Å². The number of primary amides is 1. The summed E-state index contributed by atoms with van der Waals surface area (Å²) in [6.07, 6.45) is 5.24. The average Bonchev–Trinajstić information content (AvgIpc) is 2.69. The number of aliphatic imine (C=N–C) groups is 1. The molecule has 0 aromatic heterocycles. The van der Waals surface area contributed by atoms with Gasteiger partial charge in [-0.15, -0.1) is 0 Å². The molecule has 1 fully saturated rings. The lowest BCUT2D eigenvalue weighted by Gasteiger charge is -2.34. The van der Waals surface area contributed by atoms with Gasteiger partial charge in [-0.25, -0.2) is 9.18 Å². The number of nitrogens with one attached hydrogen (secondary N) is 1. The van der Waals surface area contributed by atoms with Crippen LogP contribution in [0.4, 0.5) is 9.18 Å². The van der Waals surface area contributed by atoms with E-state index in [0.29, 0.717) is 5.56 Å². The van der Waals surface area contributed by atoms with Crippen LogP contribution in [0.2, 0.25) is 0 Å². The van der Waals surface area contributed by atoms with Crippen LogP contribution in [0.3, 0.4) is 0 Å². The van der Waals surface area contributed by atoms with Gasteiger partial charge in [-0.3, -0.25) is 14.7 Å². The van der Waals surface area contributed by atoms with Crippen LogP contribution in [0.5, 0.6) is 0 Å². The van der Waals surface area contributed by atoms with Crippen molar-refractivity contribution >= 4 is 17.6 Å². The first kappa shape index (κ1) is 22.0. The standard InChI is InChI=1S/C22H30FN5O2/c1-16-5-6-22(15-25-16,26-21(24)30)19-12-18(13-20(23)14-19)4-3-7-27-8-10-28(11-9-27)17(2)29/h5-6,12-14H,3-4,7-11,15H2,1-2H3,(H3,24,26,30). The van der Waals surface area contributed by atoms with Gasteiger partial charge in [-0.1, -0.05) is 12.1 Å². The molecule has 2 heterocycles. The number of urea groups is 1. The Morgan fingerprint density at radius 3 is 2.57 bits per heavy atom. The van der Waals surface area contributed by atoms with Crippen LogP contribution in [-0.4, -0.2) is 66.7 Å². The van der Waals surface area contributed by atoms with Crippen LogP contribution in [0.1, 0.15) is 31.4 Å². The lowest BCUT2D eigenvalue weighted by molar-refractivity contribution is -0.130. The van der Waals surface area contributed by atoms with Crippen LogP contribution in [0, 0.1) is 5.82 Å². The molecule has 8 heteroatoms. The highest BCUT2D eigenvalue weighted by Crippen LogP contribution is 2.28. The van der Waals surface area contributed by atoms with Gasteiger partial charge in [-0.2, -0.15) is 0 Å². The molecule has 3 rings (SSSR count). The van der Waals surface area contributed by atoms with E-state index in [1.807, 2.05) is 30.0 Å². The highest BCUT2D eigenvalue weighted by atomic mass is 19.1. The van der Waals surface area contributed by atoms with Crippen molar-refractivity contribution in [2.45, 2.75) is 32.2 Å². The van der Waals surface area contributed by atoms with E-state index in [1.165, 1.54) is 12.1 Å². The maximum atomic E-state index is 14.4. The number of amides is 3. The van der Waals surface area contributed by atoms with E-state index in [9.17, 15) is 14.0 Å². The number of hydrogen-bond acceptors (Lipinski definition) is 4. The second-order valence-corrected chi connectivity index (χ2v) is 8.05. The molecule has 1 aromatic rings. The fourth-order valence-electron chi connectivity index (χ4n) is 4.02. The van der Waals surface area contributed by atoms with Crippen LogP contribution in [0.25, 0.3) is 0 Å². The van der Waals surface area contributed by atoms with Gasteiger partial charge >= 0.3 is 6.03 Å². The van der Waals surface area contributed by atoms with Gasteiger partial charge < -0.3 is 16.0 Å². The third kappa shape index (κ3) is 5.44. The largest absolute Gasteiger partial charge is 0.352 e. The van der Waals surface area contributed by atoms with Crippen molar-refractivity contribution in [3.8, 4) is 0 Å². The number of hydrogen-bond donors (Lipinski definition) is 2. The molecule has 30 heavy (non-hydrogen) atoms. The highest BCUT2D eigenvalue weighted by Gasteiger charge is 2.33. The summed E-state index contributed by atoms with van der Waals surface area (Å²) in [7, 11) is 0. The summed E-state index contributed by atoms with van der Waals surface area (Å²) in [6.45, 7) is 7.89. The molecule has 0 radical (unpaired) electrons. The molecule has 0 saturated carbocycles. The SMILES string of the molecule is CC(=O)N1CCN(CCCc2cc(F)cc(C3(NC(N)=O)C=CC(C)=NC3)c2)CC1. The van der Waals surface area contributed by atoms with Gasteiger partial charge in [0, 0.05) is 38.8 Å². The van der Waals surface area contributed by atoms with Crippen LogP contribution >= 0.6 is 0 Å². The van der Waals surface area contributed by atoms with Crippen molar-refractivity contribution in [1.82, 2.24) is 15.1 Å². The van der Waals surface area contributed by atoms with E-state index in [1.54, 1.807) is 6.92 Å². The lowest BCUT2D eigenvalue weighted by Crippen LogP contribution is -2.50. The van der Waals surface area contributed by atoms with Gasteiger partial charge in [0.2, 0.25) is 5.91 Å². The second kappa shape index (κ2) is 9.38. The molecule has 3 amide bonds. The zero-order valence-corrected chi connectivity index (χ0v) is 17.7. The van der Waals surface area contributed by atoms with E-state index in [2.05, 4.69) is 15.2 Å². The minimum absolute atomic E-state index is 0.122. The molecule has 2 aliphatic heterocycles.